The van der Waals surface area contributed by atoms with Crippen molar-refractivity contribution in [3.05, 3.63) is 36.5 Å². The third kappa shape index (κ3) is 2.75. The van der Waals surface area contributed by atoms with Gasteiger partial charge in [-0.25, -0.2) is 4.98 Å². The topological polar surface area (TPSA) is 84.2 Å². The summed E-state index contributed by atoms with van der Waals surface area (Å²) in [6.45, 7) is 4.77. The maximum atomic E-state index is 12.9. The summed E-state index contributed by atoms with van der Waals surface area (Å²) >= 11 is 0. The molecule has 2 amide bonds. The molecule has 2 fully saturated rings. The summed E-state index contributed by atoms with van der Waals surface area (Å²) in [5, 5.41) is 7.53. The lowest BCUT2D eigenvalue weighted by molar-refractivity contribution is -0.135. The van der Waals surface area contributed by atoms with Crippen LogP contribution in [0.4, 0.5) is 0 Å². The zero-order chi connectivity index (χ0) is 18.1. The van der Waals surface area contributed by atoms with E-state index in [2.05, 4.69) is 22.1 Å². The first-order valence-corrected chi connectivity index (χ1v) is 9.04. The second kappa shape index (κ2) is 6.51. The fourth-order valence-corrected chi connectivity index (χ4v) is 3.97. The van der Waals surface area contributed by atoms with Gasteiger partial charge in [0, 0.05) is 26.2 Å². The van der Waals surface area contributed by atoms with Crippen LogP contribution < -0.4 is 0 Å². The van der Waals surface area contributed by atoms with Crippen LogP contribution in [0.15, 0.2) is 30.9 Å². The molecule has 0 N–H and O–H groups in total. The SMILES string of the molecule is CCCN1CCC2(CCN(C(=O)c3cccc(-n4cnnc4)n3)C2)C1=O. The number of carbonyl (C=O) groups excluding carboxylic acids is 2. The van der Waals surface area contributed by atoms with Crippen molar-refractivity contribution in [3.63, 3.8) is 0 Å². The highest BCUT2D eigenvalue weighted by atomic mass is 16.2. The summed E-state index contributed by atoms with van der Waals surface area (Å²) in [6.07, 6.45) is 5.62. The quantitative estimate of drug-likeness (QED) is 0.822. The lowest BCUT2D eigenvalue weighted by atomic mass is 9.85. The Kier molecular flexibility index (Phi) is 4.18. The highest BCUT2D eigenvalue weighted by Crippen LogP contribution is 2.41. The molecule has 2 saturated heterocycles. The Bertz CT molecular complexity index is 821. The molecule has 1 unspecified atom stereocenters. The van der Waals surface area contributed by atoms with Crippen molar-refractivity contribution in [3.8, 4) is 5.82 Å². The molecule has 4 heterocycles. The molecule has 8 nitrogen and oxygen atoms in total. The van der Waals surface area contributed by atoms with Crippen molar-refractivity contribution in [1.82, 2.24) is 29.5 Å². The Balaban J connectivity index is 1.50. The summed E-state index contributed by atoms with van der Waals surface area (Å²) in [6, 6.07) is 5.31. The van der Waals surface area contributed by atoms with Gasteiger partial charge in [-0.2, -0.15) is 0 Å². The van der Waals surface area contributed by atoms with Crippen LogP contribution in [0, 0.1) is 5.41 Å². The number of aromatic nitrogens is 4. The van der Waals surface area contributed by atoms with Crippen molar-refractivity contribution in [2.75, 3.05) is 26.2 Å². The second-order valence-electron chi connectivity index (χ2n) is 7.05. The maximum absolute atomic E-state index is 12.9. The maximum Gasteiger partial charge on any atom is 0.272 e. The van der Waals surface area contributed by atoms with Gasteiger partial charge in [-0.1, -0.05) is 13.0 Å². The van der Waals surface area contributed by atoms with Gasteiger partial charge in [0.15, 0.2) is 0 Å². The van der Waals surface area contributed by atoms with E-state index in [1.54, 1.807) is 40.3 Å². The van der Waals surface area contributed by atoms with Gasteiger partial charge in [0.2, 0.25) is 5.91 Å². The molecule has 0 aromatic carbocycles. The van der Waals surface area contributed by atoms with Crippen LogP contribution in [0.25, 0.3) is 5.82 Å². The average molecular weight is 354 g/mol. The largest absolute Gasteiger partial charge is 0.342 e. The van der Waals surface area contributed by atoms with Crippen molar-refractivity contribution in [2.24, 2.45) is 5.41 Å². The van der Waals surface area contributed by atoms with E-state index in [4.69, 9.17) is 0 Å². The molecular formula is C18H22N6O2. The number of carbonyl (C=O) groups is 2. The Morgan fingerprint density at radius 1 is 1.19 bits per heavy atom. The smallest absolute Gasteiger partial charge is 0.272 e. The van der Waals surface area contributed by atoms with Gasteiger partial charge in [-0.05, 0) is 31.4 Å². The van der Waals surface area contributed by atoms with E-state index in [0.29, 0.717) is 24.6 Å². The first-order chi connectivity index (χ1) is 12.6. The minimum absolute atomic E-state index is 0.126. The molecule has 26 heavy (non-hydrogen) atoms. The van der Waals surface area contributed by atoms with E-state index in [-0.39, 0.29) is 11.8 Å². The summed E-state index contributed by atoms with van der Waals surface area (Å²) in [4.78, 5) is 33.9. The molecule has 2 aromatic heterocycles. The molecule has 0 radical (unpaired) electrons. The standard InChI is InChI=1S/C18H22N6O2/c1-2-8-22-9-6-18(17(22)26)7-10-23(11-18)16(25)14-4-3-5-15(21-14)24-12-19-20-13-24/h3-5,12-13H,2,6-11H2,1H3. The highest BCUT2D eigenvalue weighted by molar-refractivity contribution is 5.94. The first-order valence-electron chi connectivity index (χ1n) is 9.04. The summed E-state index contributed by atoms with van der Waals surface area (Å²) < 4.78 is 1.66. The van der Waals surface area contributed by atoms with E-state index in [1.807, 2.05) is 4.90 Å². The van der Waals surface area contributed by atoms with E-state index >= 15 is 0 Å². The van der Waals surface area contributed by atoms with Crippen LogP contribution in [0.3, 0.4) is 0 Å². The molecule has 1 atom stereocenters. The number of hydrogen-bond acceptors (Lipinski definition) is 5. The first kappa shape index (κ1) is 16.7. The van der Waals surface area contributed by atoms with Gasteiger partial charge < -0.3 is 9.80 Å². The van der Waals surface area contributed by atoms with E-state index in [9.17, 15) is 9.59 Å². The molecular weight excluding hydrogens is 332 g/mol. The van der Waals surface area contributed by atoms with Gasteiger partial charge in [0.05, 0.1) is 5.41 Å². The van der Waals surface area contributed by atoms with Gasteiger partial charge in [-0.15, -0.1) is 10.2 Å². The normalized spacial score (nSPS) is 22.6. The van der Waals surface area contributed by atoms with Crippen molar-refractivity contribution >= 4 is 11.8 Å². The van der Waals surface area contributed by atoms with Crippen LogP contribution in [-0.4, -0.2) is 67.5 Å². The molecule has 2 aromatic rings. The fourth-order valence-electron chi connectivity index (χ4n) is 3.97. The lowest BCUT2D eigenvalue weighted by Crippen LogP contribution is -2.38. The molecule has 0 saturated carbocycles. The van der Waals surface area contributed by atoms with Gasteiger partial charge >= 0.3 is 0 Å². The van der Waals surface area contributed by atoms with E-state index in [1.165, 1.54) is 0 Å². The number of rotatable bonds is 4. The second-order valence-corrected chi connectivity index (χ2v) is 7.05. The third-order valence-corrected chi connectivity index (χ3v) is 5.37. The Morgan fingerprint density at radius 2 is 1.96 bits per heavy atom. The van der Waals surface area contributed by atoms with Crippen LogP contribution in [-0.2, 0) is 4.79 Å². The Labute approximate surface area is 151 Å². The van der Waals surface area contributed by atoms with E-state index < -0.39 is 5.41 Å². The van der Waals surface area contributed by atoms with Crippen LogP contribution in [0.2, 0.25) is 0 Å². The fraction of sp³-hybridized carbons (Fsp3) is 0.500. The summed E-state index contributed by atoms with van der Waals surface area (Å²) in [5.41, 5.74) is -0.0133. The van der Waals surface area contributed by atoms with Gasteiger partial charge in [0.1, 0.15) is 24.2 Å². The number of hydrogen-bond donors (Lipinski definition) is 0. The molecule has 136 valence electrons. The minimum Gasteiger partial charge on any atom is -0.342 e. The molecule has 2 aliphatic rings. The van der Waals surface area contributed by atoms with E-state index in [0.717, 1.165) is 32.4 Å². The van der Waals surface area contributed by atoms with Crippen LogP contribution >= 0.6 is 0 Å². The highest BCUT2D eigenvalue weighted by Gasteiger charge is 2.51. The van der Waals surface area contributed by atoms with Crippen molar-refractivity contribution in [1.29, 1.82) is 0 Å². The molecule has 4 rings (SSSR count). The molecule has 2 aliphatic heterocycles. The predicted molar refractivity (Wildman–Crippen MR) is 93.6 cm³/mol. The minimum atomic E-state index is -0.392. The molecule has 8 heteroatoms. The zero-order valence-electron chi connectivity index (χ0n) is 14.8. The Morgan fingerprint density at radius 3 is 2.73 bits per heavy atom. The summed E-state index contributed by atoms with van der Waals surface area (Å²) in [5.74, 6) is 0.681. The lowest BCUT2D eigenvalue weighted by Gasteiger charge is -2.23. The number of nitrogens with zero attached hydrogens (tertiary/aromatic N) is 6. The number of amides is 2. The van der Waals surface area contributed by atoms with Crippen LogP contribution in [0.1, 0.15) is 36.7 Å². The Hall–Kier alpha value is -2.77. The molecule has 1 spiro atoms. The van der Waals surface area contributed by atoms with Gasteiger partial charge in [0.25, 0.3) is 5.91 Å². The summed E-state index contributed by atoms with van der Waals surface area (Å²) in [7, 11) is 0. The molecule has 0 bridgehead atoms. The van der Waals surface area contributed by atoms with Crippen molar-refractivity contribution < 1.29 is 9.59 Å². The zero-order valence-corrected chi connectivity index (χ0v) is 14.8. The number of likely N-dealkylation sites (tertiary alicyclic amines) is 2. The molecule has 0 aliphatic carbocycles. The predicted octanol–water partition coefficient (Wildman–Crippen LogP) is 1.14. The van der Waals surface area contributed by atoms with Crippen LogP contribution in [0.5, 0.6) is 0 Å². The van der Waals surface area contributed by atoms with Crippen molar-refractivity contribution in [2.45, 2.75) is 26.2 Å². The third-order valence-electron chi connectivity index (χ3n) is 5.37. The average Bonchev–Trinajstić information content (AvgIpc) is 3.40. The van der Waals surface area contributed by atoms with Gasteiger partial charge in [-0.3, -0.25) is 14.2 Å². The monoisotopic (exact) mass is 354 g/mol. The number of pyridine rings is 1.